The second-order valence-corrected chi connectivity index (χ2v) is 7.25. The molecule has 1 aromatic heterocycles. The van der Waals surface area contributed by atoms with Crippen LogP contribution in [0, 0.1) is 5.82 Å². The van der Waals surface area contributed by atoms with Crippen molar-refractivity contribution in [2.45, 2.75) is 12.8 Å². The Hall–Kier alpha value is -3.04. The summed E-state index contributed by atoms with van der Waals surface area (Å²) in [4.78, 5) is 28.7. The van der Waals surface area contributed by atoms with Gasteiger partial charge >= 0.3 is 5.97 Å². The van der Waals surface area contributed by atoms with E-state index in [4.69, 9.17) is 23.2 Å². The number of nitrogens with two attached hydrogens (primary N) is 2. The Morgan fingerprint density at radius 1 is 1.43 bits per heavy atom. The third kappa shape index (κ3) is 4.42. The van der Waals surface area contributed by atoms with E-state index in [0.29, 0.717) is 35.5 Å². The maximum absolute atomic E-state index is 15.3. The quantitative estimate of drug-likeness (QED) is 0.364. The van der Waals surface area contributed by atoms with Gasteiger partial charge in [0.2, 0.25) is 5.91 Å². The Labute approximate surface area is 177 Å². The molecule has 0 unspecified atom stereocenters. The van der Waals surface area contributed by atoms with Crippen LogP contribution in [0.15, 0.2) is 30.6 Å². The van der Waals surface area contributed by atoms with E-state index in [0.717, 1.165) is 0 Å². The molecule has 1 amide bonds. The number of carbonyl (C=O) groups is 2. The number of H-pyrrole nitrogens is 1. The van der Waals surface area contributed by atoms with Crippen molar-refractivity contribution in [3.05, 3.63) is 52.7 Å². The number of rotatable bonds is 6. The Kier molecular flexibility index (Phi) is 6.63. The van der Waals surface area contributed by atoms with Gasteiger partial charge in [0, 0.05) is 49.4 Å². The Morgan fingerprint density at radius 2 is 2.20 bits per heavy atom. The topological polar surface area (TPSA) is 118 Å². The van der Waals surface area contributed by atoms with Crippen LogP contribution < -0.4 is 11.6 Å². The van der Waals surface area contributed by atoms with Gasteiger partial charge in [0.05, 0.1) is 17.6 Å². The number of aromatic amines is 1. The van der Waals surface area contributed by atoms with Crippen LogP contribution in [0.1, 0.15) is 28.9 Å². The highest BCUT2D eigenvalue weighted by atomic mass is 35.5. The molecule has 2 aromatic rings. The molecule has 8 nitrogen and oxygen atoms in total. The minimum absolute atomic E-state index is 0.0955. The molecule has 160 valence electrons. The number of halogens is 2. The first-order valence-corrected chi connectivity index (χ1v) is 9.69. The highest BCUT2D eigenvalue weighted by Crippen LogP contribution is 2.34. The fourth-order valence-electron chi connectivity index (χ4n) is 3.39. The smallest absolute Gasteiger partial charge is 0.354 e. The Bertz CT molecular complexity index is 1030. The van der Waals surface area contributed by atoms with Crippen LogP contribution in [0.25, 0.3) is 16.5 Å². The average molecular weight is 436 g/mol. The summed E-state index contributed by atoms with van der Waals surface area (Å²) >= 11 is 6.35. The number of nitrogens with one attached hydrogen (secondary N) is 1. The molecular formula is C20H23ClFN5O3. The van der Waals surface area contributed by atoms with Crippen LogP contribution in [-0.4, -0.2) is 53.5 Å². The first-order valence-electron chi connectivity index (χ1n) is 9.31. The SMILES string of the molecule is COC(=O)c1cc2c(Cl)cc(C3=CCCN(C(=O)CCN(N)/C=C\N)C3)c(F)c2[nH]1. The maximum atomic E-state index is 15.3. The van der Waals surface area contributed by atoms with Gasteiger partial charge in [-0.15, -0.1) is 0 Å². The summed E-state index contributed by atoms with van der Waals surface area (Å²) in [5, 5.41) is 2.01. The molecule has 1 aliphatic heterocycles. The van der Waals surface area contributed by atoms with Crippen LogP contribution >= 0.6 is 11.6 Å². The molecule has 0 bridgehead atoms. The zero-order valence-electron chi connectivity index (χ0n) is 16.5. The summed E-state index contributed by atoms with van der Waals surface area (Å²) in [5.74, 6) is 4.44. The molecule has 0 spiro atoms. The Morgan fingerprint density at radius 3 is 2.90 bits per heavy atom. The molecule has 3 rings (SSSR count). The third-order valence-electron chi connectivity index (χ3n) is 4.92. The number of ether oxygens (including phenoxy) is 1. The van der Waals surface area contributed by atoms with Crippen molar-refractivity contribution in [2.24, 2.45) is 11.6 Å². The number of hydrogen-bond donors (Lipinski definition) is 3. The van der Waals surface area contributed by atoms with Crippen molar-refractivity contribution in [3.8, 4) is 0 Å². The fourth-order valence-corrected chi connectivity index (χ4v) is 3.65. The standard InChI is InChI=1S/C20H23ClFN5O3/c1-30-20(29)16-10-14-15(21)9-13(18(22)19(14)25-16)12-3-2-6-26(11-12)17(28)4-7-27(24)8-5-23/h3,5,8-10,25H,2,4,6-7,11,23-24H2,1H3/b8-5-. The van der Waals surface area contributed by atoms with E-state index < -0.39 is 11.8 Å². The monoisotopic (exact) mass is 435 g/mol. The van der Waals surface area contributed by atoms with Crippen LogP contribution in [0.4, 0.5) is 4.39 Å². The van der Waals surface area contributed by atoms with Crippen molar-refractivity contribution in [1.29, 1.82) is 0 Å². The van der Waals surface area contributed by atoms with Crippen LogP contribution in [0.5, 0.6) is 0 Å². The van der Waals surface area contributed by atoms with Gasteiger partial charge in [-0.05, 0) is 24.1 Å². The number of carbonyl (C=O) groups excluding carboxylic acids is 2. The summed E-state index contributed by atoms with van der Waals surface area (Å²) < 4.78 is 19.9. The molecule has 30 heavy (non-hydrogen) atoms. The molecule has 5 N–H and O–H groups in total. The lowest BCUT2D eigenvalue weighted by Gasteiger charge is -2.28. The second-order valence-electron chi connectivity index (χ2n) is 6.85. The number of hydrazine groups is 1. The number of hydrogen-bond acceptors (Lipinski definition) is 6. The molecule has 10 heteroatoms. The van der Waals surface area contributed by atoms with E-state index in [2.05, 4.69) is 9.72 Å². The molecule has 0 saturated carbocycles. The van der Waals surface area contributed by atoms with Crippen molar-refractivity contribution >= 4 is 40.0 Å². The molecule has 2 heterocycles. The normalized spacial score (nSPS) is 14.3. The largest absolute Gasteiger partial charge is 0.464 e. The number of fused-ring (bicyclic) bond motifs is 1. The second kappa shape index (κ2) is 9.19. The number of benzene rings is 1. The van der Waals surface area contributed by atoms with E-state index in [-0.39, 0.29) is 35.6 Å². The summed E-state index contributed by atoms with van der Waals surface area (Å²) in [6.45, 7) is 1.10. The van der Waals surface area contributed by atoms with Gasteiger partial charge < -0.3 is 25.4 Å². The average Bonchev–Trinajstić information content (AvgIpc) is 3.21. The maximum Gasteiger partial charge on any atom is 0.354 e. The van der Waals surface area contributed by atoms with E-state index in [1.165, 1.54) is 36.7 Å². The van der Waals surface area contributed by atoms with Gasteiger partial charge in [-0.3, -0.25) is 4.79 Å². The van der Waals surface area contributed by atoms with Gasteiger partial charge in [0.25, 0.3) is 0 Å². The first-order chi connectivity index (χ1) is 14.3. The van der Waals surface area contributed by atoms with Gasteiger partial charge in [-0.1, -0.05) is 17.7 Å². The van der Waals surface area contributed by atoms with Crippen molar-refractivity contribution in [2.75, 3.05) is 26.7 Å². The number of esters is 1. The lowest BCUT2D eigenvalue weighted by atomic mass is 9.99. The van der Waals surface area contributed by atoms with Gasteiger partial charge in [0.1, 0.15) is 5.69 Å². The van der Waals surface area contributed by atoms with Crippen molar-refractivity contribution in [3.63, 3.8) is 0 Å². The van der Waals surface area contributed by atoms with E-state index in [9.17, 15) is 9.59 Å². The van der Waals surface area contributed by atoms with Crippen molar-refractivity contribution < 1.29 is 18.7 Å². The summed E-state index contributed by atoms with van der Waals surface area (Å²) in [5.41, 5.74) is 6.44. The minimum Gasteiger partial charge on any atom is -0.464 e. The molecule has 0 aliphatic carbocycles. The van der Waals surface area contributed by atoms with E-state index in [1.807, 2.05) is 6.08 Å². The van der Waals surface area contributed by atoms with Gasteiger partial charge in [0.15, 0.2) is 5.82 Å². The molecule has 0 fully saturated rings. The van der Waals surface area contributed by atoms with Crippen LogP contribution in [-0.2, 0) is 9.53 Å². The molecular weight excluding hydrogens is 413 g/mol. The molecule has 0 radical (unpaired) electrons. The predicted molar refractivity (Wildman–Crippen MR) is 113 cm³/mol. The zero-order valence-corrected chi connectivity index (χ0v) is 17.2. The number of methoxy groups -OCH3 is 1. The van der Waals surface area contributed by atoms with E-state index in [1.54, 1.807) is 4.90 Å². The summed E-state index contributed by atoms with van der Waals surface area (Å²) in [6, 6.07) is 2.97. The van der Waals surface area contributed by atoms with E-state index >= 15 is 4.39 Å². The first kappa shape index (κ1) is 21.7. The van der Waals surface area contributed by atoms with Gasteiger partial charge in [-0.2, -0.15) is 0 Å². The Balaban J connectivity index is 1.83. The fraction of sp³-hybridized carbons (Fsp3) is 0.300. The zero-order chi connectivity index (χ0) is 21.8. The highest BCUT2D eigenvalue weighted by molar-refractivity contribution is 6.35. The van der Waals surface area contributed by atoms with Gasteiger partial charge in [-0.25, -0.2) is 15.0 Å². The summed E-state index contributed by atoms with van der Waals surface area (Å²) in [6.07, 6.45) is 5.45. The third-order valence-corrected chi connectivity index (χ3v) is 5.23. The molecule has 0 saturated heterocycles. The summed E-state index contributed by atoms with van der Waals surface area (Å²) in [7, 11) is 1.24. The minimum atomic E-state index is -0.615. The van der Waals surface area contributed by atoms with Crippen LogP contribution in [0.2, 0.25) is 5.02 Å². The molecule has 1 aromatic carbocycles. The lowest BCUT2D eigenvalue weighted by molar-refractivity contribution is -0.130. The number of amides is 1. The number of aromatic nitrogens is 1. The predicted octanol–water partition coefficient (Wildman–Crippen LogP) is 2.36. The highest BCUT2D eigenvalue weighted by Gasteiger charge is 2.24. The number of nitrogens with zero attached hydrogens (tertiary/aromatic N) is 2. The van der Waals surface area contributed by atoms with Crippen LogP contribution in [0.3, 0.4) is 0 Å². The van der Waals surface area contributed by atoms with Crippen molar-refractivity contribution in [1.82, 2.24) is 14.9 Å². The molecule has 0 atom stereocenters. The molecule has 1 aliphatic rings. The lowest BCUT2D eigenvalue weighted by Crippen LogP contribution is -2.38.